The van der Waals surface area contributed by atoms with Gasteiger partial charge in [-0.05, 0) is 48.4 Å². The van der Waals surface area contributed by atoms with Crippen LogP contribution < -0.4 is 4.90 Å². The number of Topliss-reactive ketones (excluding diaryl/α,β-unsaturated/α-hetero) is 1. The number of aromatic nitrogens is 4. The van der Waals surface area contributed by atoms with E-state index in [1.807, 2.05) is 22.8 Å². The molecule has 2 fully saturated rings. The predicted molar refractivity (Wildman–Crippen MR) is 106 cm³/mol. The number of aliphatic hydroxyl groups is 1. The molecular weight excluding hydrogens is 354 g/mol. The minimum absolute atomic E-state index is 0.0285. The van der Waals surface area contributed by atoms with Crippen LogP contribution in [0.4, 0.5) is 5.82 Å². The molecule has 3 aromatic rings. The van der Waals surface area contributed by atoms with Crippen molar-refractivity contribution < 1.29 is 9.90 Å². The van der Waals surface area contributed by atoms with E-state index in [4.69, 9.17) is 0 Å². The number of nitrogens with zero attached hydrogens (tertiary/aromatic N) is 5. The molecule has 1 aliphatic heterocycles. The molecule has 0 spiro atoms. The number of fused-ring (bicyclic) bond motifs is 1. The highest BCUT2D eigenvalue weighted by Gasteiger charge is 2.28. The molecule has 1 saturated carbocycles. The number of aryl methyl sites for hydroxylation is 1. The van der Waals surface area contributed by atoms with Crippen LogP contribution in [0.3, 0.4) is 0 Å². The number of hydrogen-bond acceptors (Lipinski definition) is 6. The summed E-state index contributed by atoms with van der Waals surface area (Å²) in [5.74, 6) is 1.17. The maximum absolute atomic E-state index is 13.0. The zero-order valence-corrected chi connectivity index (χ0v) is 15.9. The Morgan fingerprint density at radius 2 is 2.11 bits per heavy atom. The molecular formula is C21H23N5O2. The van der Waals surface area contributed by atoms with Gasteiger partial charge in [0, 0.05) is 38.1 Å². The van der Waals surface area contributed by atoms with Crippen molar-refractivity contribution in [2.45, 2.75) is 37.7 Å². The molecule has 1 unspecified atom stereocenters. The maximum atomic E-state index is 13.0. The van der Waals surface area contributed by atoms with Crippen LogP contribution in [0.25, 0.3) is 10.9 Å². The van der Waals surface area contributed by atoms with Crippen LogP contribution in [0.5, 0.6) is 0 Å². The molecule has 5 rings (SSSR count). The van der Waals surface area contributed by atoms with Crippen LogP contribution >= 0.6 is 0 Å². The van der Waals surface area contributed by atoms with Crippen LogP contribution in [-0.4, -0.2) is 49.8 Å². The summed E-state index contributed by atoms with van der Waals surface area (Å²) in [6.45, 7) is 1.27. The summed E-state index contributed by atoms with van der Waals surface area (Å²) in [5, 5.41) is 15.3. The Labute approximate surface area is 163 Å². The fraction of sp³-hybridized carbons (Fsp3) is 0.429. The van der Waals surface area contributed by atoms with E-state index in [1.165, 1.54) is 24.6 Å². The lowest BCUT2D eigenvalue weighted by Crippen LogP contribution is -2.23. The van der Waals surface area contributed by atoms with Crippen molar-refractivity contribution in [3.8, 4) is 0 Å². The Morgan fingerprint density at radius 1 is 1.25 bits per heavy atom. The molecule has 1 N–H and O–H groups in total. The lowest BCUT2D eigenvalue weighted by Gasteiger charge is -2.16. The van der Waals surface area contributed by atoms with Crippen LogP contribution in [-0.2, 0) is 13.5 Å². The van der Waals surface area contributed by atoms with Gasteiger partial charge in [0.2, 0.25) is 0 Å². The van der Waals surface area contributed by atoms with E-state index in [2.05, 4.69) is 27.2 Å². The van der Waals surface area contributed by atoms with E-state index in [1.54, 1.807) is 6.20 Å². The van der Waals surface area contributed by atoms with Gasteiger partial charge in [-0.2, -0.15) is 5.10 Å². The van der Waals surface area contributed by atoms with E-state index >= 15 is 0 Å². The van der Waals surface area contributed by atoms with E-state index in [9.17, 15) is 9.90 Å². The Kier molecular flexibility index (Phi) is 4.12. The highest BCUT2D eigenvalue weighted by atomic mass is 16.3. The van der Waals surface area contributed by atoms with E-state index in [0.29, 0.717) is 30.4 Å². The van der Waals surface area contributed by atoms with Gasteiger partial charge < -0.3 is 10.0 Å². The fourth-order valence-electron chi connectivity index (χ4n) is 4.04. The van der Waals surface area contributed by atoms with Crippen molar-refractivity contribution in [3.05, 3.63) is 47.5 Å². The normalized spacial score (nSPS) is 19.5. The summed E-state index contributed by atoms with van der Waals surface area (Å²) in [6, 6.07) is 4.24. The van der Waals surface area contributed by atoms with Crippen LogP contribution in [0.1, 0.15) is 46.8 Å². The molecule has 1 aliphatic carbocycles. The van der Waals surface area contributed by atoms with E-state index in [-0.39, 0.29) is 11.9 Å². The summed E-state index contributed by atoms with van der Waals surface area (Å²) in [6.07, 6.45) is 8.22. The molecule has 2 aromatic heterocycles. The second-order valence-electron chi connectivity index (χ2n) is 7.94. The first-order valence-corrected chi connectivity index (χ1v) is 9.81. The van der Waals surface area contributed by atoms with E-state index in [0.717, 1.165) is 29.4 Å². The third kappa shape index (κ3) is 3.26. The van der Waals surface area contributed by atoms with Gasteiger partial charge in [-0.3, -0.25) is 14.5 Å². The lowest BCUT2D eigenvalue weighted by atomic mass is 9.96. The summed E-state index contributed by atoms with van der Waals surface area (Å²) in [4.78, 5) is 23.7. The molecule has 2 aliphatic rings. The molecule has 7 heteroatoms. The largest absolute Gasteiger partial charge is 0.391 e. The quantitative estimate of drug-likeness (QED) is 0.687. The van der Waals surface area contributed by atoms with Gasteiger partial charge in [-0.15, -0.1) is 0 Å². The SMILES string of the molecule is Cn1cc2cc(CC(=O)c3cncc(N4CCC(O)C4)n3)c(C3CC3)cc2n1. The van der Waals surface area contributed by atoms with Crippen molar-refractivity contribution in [2.75, 3.05) is 18.0 Å². The molecule has 0 bridgehead atoms. The zero-order valence-electron chi connectivity index (χ0n) is 15.9. The summed E-state index contributed by atoms with van der Waals surface area (Å²) in [7, 11) is 1.91. The zero-order chi connectivity index (χ0) is 19.3. The number of carbonyl (C=O) groups excluding carboxylic acids is 1. The number of anilines is 1. The third-order valence-corrected chi connectivity index (χ3v) is 5.64. The Balaban J connectivity index is 1.43. The number of benzene rings is 1. The molecule has 0 radical (unpaired) electrons. The highest BCUT2D eigenvalue weighted by molar-refractivity contribution is 5.96. The average Bonchev–Trinajstić information content (AvgIpc) is 3.33. The Morgan fingerprint density at radius 3 is 2.86 bits per heavy atom. The maximum Gasteiger partial charge on any atom is 0.187 e. The van der Waals surface area contributed by atoms with Gasteiger partial charge in [0.25, 0.3) is 0 Å². The summed E-state index contributed by atoms with van der Waals surface area (Å²) in [5.41, 5.74) is 3.67. The summed E-state index contributed by atoms with van der Waals surface area (Å²) >= 11 is 0. The van der Waals surface area contributed by atoms with Gasteiger partial charge in [-0.25, -0.2) is 4.98 Å². The lowest BCUT2D eigenvalue weighted by molar-refractivity contribution is 0.0987. The Hall–Kier alpha value is -2.80. The van der Waals surface area contributed by atoms with Gasteiger partial charge >= 0.3 is 0 Å². The minimum atomic E-state index is -0.339. The molecule has 1 aromatic carbocycles. The smallest absolute Gasteiger partial charge is 0.187 e. The molecule has 0 amide bonds. The van der Waals surface area contributed by atoms with Gasteiger partial charge in [0.05, 0.1) is 24.0 Å². The first-order chi connectivity index (χ1) is 13.6. The number of ketones is 1. The van der Waals surface area contributed by atoms with Crippen LogP contribution in [0, 0.1) is 0 Å². The second-order valence-corrected chi connectivity index (χ2v) is 7.94. The minimum Gasteiger partial charge on any atom is -0.391 e. The Bertz CT molecular complexity index is 1060. The first-order valence-electron chi connectivity index (χ1n) is 9.81. The van der Waals surface area contributed by atoms with Gasteiger partial charge in [-0.1, -0.05) is 0 Å². The number of rotatable bonds is 5. The fourth-order valence-corrected chi connectivity index (χ4v) is 4.04. The van der Waals surface area contributed by atoms with Crippen molar-refractivity contribution in [2.24, 2.45) is 7.05 Å². The molecule has 28 heavy (non-hydrogen) atoms. The van der Waals surface area contributed by atoms with Crippen molar-refractivity contribution in [1.29, 1.82) is 0 Å². The molecule has 3 heterocycles. The standard InChI is InChI=1S/C21H23N5O2/c1-25-11-15-6-14(17(13-2-3-13)8-18(15)24-25)7-20(28)19-9-22-10-21(23-19)26-5-4-16(27)12-26/h6,8-11,13,16,27H,2-5,7,12H2,1H3. The van der Waals surface area contributed by atoms with E-state index < -0.39 is 0 Å². The molecule has 1 saturated heterocycles. The van der Waals surface area contributed by atoms with Gasteiger partial charge in [0.15, 0.2) is 5.78 Å². The average molecular weight is 377 g/mol. The molecule has 7 nitrogen and oxygen atoms in total. The van der Waals surface area contributed by atoms with Crippen LogP contribution in [0.2, 0.25) is 0 Å². The van der Waals surface area contributed by atoms with Crippen molar-refractivity contribution in [1.82, 2.24) is 19.7 Å². The summed E-state index contributed by atoms with van der Waals surface area (Å²) < 4.78 is 1.81. The highest BCUT2D eigenvalue weighted by Crippen LogP contribution is 2.43. The monoisotopic (exact) mass is 377 g/mol. The van der Waals surface area contributed by atoms with Crippen LogP contribution in [0.15, 0.2) is 30.7 Å². The number of carbonyl (C=O) groups is 1. The number of aliphatic hydroxyl groups excluding tert-OH is 1. The number of hydrogen-bond donors (Lipinski definition) is 1. The third-order valence-electron chi connectivity index (χ3n) is 5.64. The molecule has 1 atom stereocenters. The topological polar surface area (TPSA) is 84.1 Å². The van der Waals surface area contributed by atoms with Gasteiger partial charge in [0.1, 0.15) is 11.5 Å². The van der Waals surface area contributed by atoms with Crippen molar-refractivity contribution >= 4 is 22.5 Å². The molecule has 144 valence electrons. The van der Waals surface area contributed by atoms with Crippen molar-refractivity contribution in [3.63, 3.8) is 0 Å². The second kappa shape index (κ2) is 6.67. The first kappa shape index (κ1) is 17.3. The number of β-amino-alcohol motifs (C(OH)–C–C–N with tert-alkyl or cyclic N) is 1. The predicted octanol–water partition coefficient (Wildman–Crippen LogP) is 2.24.